The fraction of sp³-hybridized carbons (Fsp3) is 0.704. The molecule has 6 heteroatoms. The molecule has 0 fully saturated rings. The van der Waals surface area contributed by atoms with Crippen LogP contribution < -0.4 is 0 Å². The molecule has 0 saturated heterocycles. The number of esters is 3. The van der Waals surface area contributed by atoms with Gasteiger partial charge in [-0.2, -0.15) is 0 Å². The van der Waals surface area contributed by atoms with E-state index in [1.54, 1.807) is 0 Å². The second-order valence-corrected chi connectivity index (χ2v) is 21.3. The largest absolute Gasteiger partial charge is 0.462 e. The fourth-order valence-corrected chi connectivity index (χ4v) is 8.92. The minimum Gasteiger partial charge on any atom is -0.462 e. The number of carbonyl (C=O) groups is 3. The molecule has 0 aromatic carbocycles. The molecule has 77 heavy (non-hydrogen) atoms. The minimum atomic E-state index is -0.781. The summed E-state index contributed by atoms with van der Waals surface area (Å²) in [5.41, 5.74) is 0. The number of unbranched alkanes of at least 4 members (excludes halogenated alkanes) is 29. The highest BCUT2D eigenvalue weighted by Crippen LogP contribution is 2.16. The molecule has 0 aromatic heterocycles. The molecule has 0 bridgehead atoms. The molecule has 0 aliphatic rings. The summed E-state index contributed by atoms with van der Waals surface area (Å²) in [7, 11) is 0. The third-order valence-corrected chi connectivity index (χ3v) is 13.8. The van der Waals surface area contributed by atoms with Gasteiger partial charge in [0.15, 0.2) is 6.10 Å². The Kier molecular flexibility index (Phi) is 61.3. The summed E-state index contributed by atoms with van der Waals surface area (Å²) < 4.78 is 16.9. The number of ether oxygens (including phenoxy) is 3. The lowest BCUT2D eigenvalue weighted by molar-refractivity contribution is -0.167. The summed E-state index contributed by atoms with van der Waals surface area (Å²) in [4.78, 5) is 38.1. The maximum absolute atomic E-state index is 12.8. The normalized spacial score (nSPS) is 12.8. The topological polar surface area (TPSA) is 78.9 Å². The molecule has 0 rings (SSSR count). The Balaban J connectivity index is 4.15. The van der Waals surface area contributed by atoms with E-state index in [1.807, 2.05) is 0 Å². The number of carbonyl (C=O) groups excluding carboxylic acids is 3. The maximum Gasteiger partial charge on any atom is 0.306 e. The number of allylic oxidation sites excluding steroid dienone is 18. The van der Waals surface area contributed by atoms with Crippen LogP contribution >= 0.6 is 0 Å². The van der Waals surface area contributed by atoms with E-state index in [0.717, 1.165) is 122 Å². The van der Waals surface area contributed by atoms with Crippen molar-refractivity contribution in [1.82, 2.24) is 0 Å². The van der Waals surface area contributed by atoms with Gasteiger partial charge in [-0.3, -0.25) is 14.4 Å². The predicted octanol–water partition coefficient (Wildman–Crippen LogP) is 22.2. The zero-order valence-corrected chi connectivity index (χ0v) is 50.4. The van der Waals surface area contributed by atoms with E-state index in [4.69, 9.17) is 14.2 Å². The van der Waals surface area contributed by atoms with Gasteiger partial charge < -0.3 is 14.2 Å². The molecule has 0 aliphatic carbocycles. The summed E-state index contributed by atoms with van der Waals surface area (Å²) in [5.74, 6) is -0.887. The average Bonchev–Trinajstić information content (AvgIpc) is 3.43. The van der Waals surface area contributed by atoms with E-state index >= 15 is 0 Å². The summed E-state index contributed by atoms with van der Waals surface area (Å²) in [6, 6.07) is 0. The van der Waals surface area contributed by atoms with Crippen molar-refractivity contribution < 1.29 is 28.6 Å². The van der Waals surface area contributed by atoms with Crippen LogP contribution in [0, 0.1) is 0 Å². The second-order valence-electron chi connectivity index (χ2n) is 21.3. The van der Waals surface area contributed by atoms with Crippen molar-refractivity contribution in [3.05, 3.63) is 109 Å². The third kappa shape index (κ3) is 62.8. The van der Waals surface area contributed by atoms with Crippen LogP contribution in [0.15, 0.2) is 109 Å². The SMILES string of the molecule is CC/C=C\C/C=C\C/C=C\C/C=C\C/C=C\C/C=C\C/C=C\C/C=C\CCCCCCCCCCCCC(=O)OCC(COC(=O)CCCCCCCCCCCC)OC(=O)CCCCCCC/C=C\CCCCCCC. The Labute approximate surface area is 476 Å². The molecular weight excluding hydrogens is 949 g/mol. The van der Waals surface area contributed by atoms with Gasteiger partial charge in [-0.15, -0.1) is 0 Å². The van der Waals surface area contributed by atoms with Crippen molar-refractivity contribution in [2.45, 2.75) is 309 Å². The van der Waals surface area contributed by atoms with E-state index in [1.165, 1.54) is 141 Å². The Morgan fingerprint density at radius 1 is 0.273 bits per heavy atom. The smallest absolute Gasteiger partial charge is 0.306 e. The maximum atomic E-state index is 12.8. The van der Waals surface area contributed by atoms with Crippen LogP contribution in [0.5, 0.6) is 0 Å². The van der Waals surface area contributed by atoms with E-state index in [2.05, 4.69) is 130 Å². The van der Waals surface area contributed by atoms with Crippen LogP contribution in [0.2, 0.25) is 0 Å². The second kappa shape index (κ2) is 64.6. The van der Waals surface area contributed by atoms with Crippen LogP contribution in [0.1, 0.15) is 303 Å². The molecule has 1 atom stereocenters. The Bertz CT molecular complexity index is 1560. The van der Waals surface area contributed by atoms with Crippen molar-refractivity contribution in [3.8, 4) is 0 Å². The predicted molar refractivity (Wildman–Crippen MR) is 334 cm³/mol. The molecule has 440 valence electrons. The molecule has 0 spiro atoms. The van der Waals surface area contributed by atoms with Gasteiger partial charge in [0.1, 0.15) is 13.2 Å². The van der Waals surface area contributed by atoms with Gasteiger partial charge in [0.2, 0.25) is 0 Å². The zero-order chi connectivity index (χ0) is 55.7. The van der Waals surface area contributed by atoms with E-state index in [9.17, 15) is 14.4 Å². The first-order chi connectivity index (χ1) is 38.0. The van der Waals surface area contributed by atoms with Crippen LogP contribution in [-0.2, 0) is 28.6 Å². The summed E-state index contributed by atoms with van der Waals surface area (Å²) in [5, 5.41) is 0. The van der Waals surface area contributed by atoms with Gasteiger partial charge in [0.05, 0.1) is 0 Å². The van der Waals surface area contributed by atoms with Crippen molar-refractivity contribution in [3.63, 3.8) is 0 Å². The molecule has 1 unspecified atom stereocenters. The first-order valence-corrected chi connectivity index (χ1v) is 32.4. The van der Waals surface area contributed by atoms with Crippen LogP contribution in [0.4, 0.5) is 0 Å². The number of rotatable bonds is 58. The number of hydrogen-bond acceptors (Lipinski definition) is 6. The lowest BCUT2D eigenvalue weighted by Gasteiger charge is -2.18. The quantitative estimate of drug-likeness (QED) is 0.0261. The Morgan fingerprint density at radius 3 is 0.805 bits per heavy atom. The van der Waals surface area contributed by atoms with E-state index in [0.29, 0.717) is 19.3 Å². The van der Waals surface area contributed by atoms with Gasteiger partial charge in [-0.25, -0.2) is 0 Å². The standard InChI is InChI=1S/C71H120O6/c1-4-7-10-13-16-19-22-24-26-27-28-29-30-31-32-33-34-35-36-37-38-39-40-41-42-43-44-45-46-48-49-52-55-58-61-64-70(73)76-67-68(66-75-69(72)63-60-57-54-51-21-18-15-12-9-6-3)77-71(74)65-62-59-56-53-50-47-25-23-20-17-14-11-8-5-2/h7,10,16,19,23-26,28-29,31-32,34-35,37-38,40-41,68H,4-6,8-9,11-15,17-18,20-22,27,30,33,36,39,42-67H2,1-3H3/b10-7-,19-16-,25-23-,26-24-,29-28-,32-31-,35-34-,38-37-,41-40-. The highest BCUT2D eigenvalue weighted by molar-refractivity contribution is 5.71. The zero-order valence-electron chi connectivity index (χ0n) is 50.4. The van der Waals surface area contributed by atoms with Crippen molar-refractivity contribution >= 4 is 17.9 Å². The molecule has 6 nitrogen and oxygen atoms in total. The van der Waals surface area contributed by atoms with Gasteiger partial charge in [0.25, 0.3) is 0 Å². The van der Waals surface area contributed by atoms with Gasteiger partial charge in [-0.1, -0.05) is 284 Å². The Morgan fingerprint density at radius 2 is 0.506 bits per heavy atom. The van der Waals surface area contributed by atoms with Gasteiger partial charge in [-0.05, 0) is 109 Å². The molecule has 0 N–H and O–H groups in total. The highest BCUT2D eigenvalue weighted by atomic mass is 16.6. The highest BCUT2D eigenvalue weighted by Gasteiger charge is 2.19. The van der Waals surface area contributed by atoms with Gasteiger partial charge >= 0.3 is 17.9 Å². The lowest BCUT2D eigenvalue weighted by Crippen LogP contribution is -2.30. The minimum absolute atomic E-state index is 0.0793. The summed E-state index contributed by atoms with van der Waals surface area (Å²) in [6.45, 7) is 6.51. The van der Waals surface area contributed by atoms with E-state index < -0.39 is 6.10 Å². The molecule has 0 heterocycles. The van der Waals surface area contributed by atoms with Crippen molar-refractivity contribution in [2.75, 3.05) is 13.2 Å². The fourth-order valence-electron chi connectivity index (χ4n) is 8.92. The van der Waals surface area contributed by atoms with E-state index in [-0.39, 0.29) is 31.1 Å². The third-order valence-electron chi connectivity index (χ3n) is 13.8. The first-order valence-electron chi connectivity index (χ1n) is 32.4. The van der Waals surface area contributed by atoms with Crippen LogP contribution in [0.25, 0.3) is 0 Å². The monoisotopic (exact) mass is 1070 g/mol. The summed E-state index contributed by atoms with van der Waals surface area (Å²) >= 11 is 0. The molecule has 0 saturated carbocycles. The molecule has 0 aromatic rings. The molecule has 0 amide bonds. The lowest BCUT2D eigenvalue weighted by atomic mass is 10.1. The summed E-state index contributed by atoms with van der Waals surface area (Å²) in [6.07, 6.45) is 88.2. The van der Waals surface area contributed by atoms with Gasteiger partial charge in [0, 0.05) is 19.3 Å². The number of hydrogen-bond donors (Lipinski definition) is 0. The van der Waals surface area contributed by atoms with Crippen LogP contribution in [0.3, 0.4) is 0 Å². The van der Waals surface area contributed by atoms with Crippen molar-refractivity contribution in [2.24, 2.45) is 0 Å². The molecule has 0 radical (unpaired) electrons. The molecular formula is C71H120O6. The van der Waals surface area contributed by atoms with Crippen LogP contribution in [-0.4, -0.2) is 37.2 Å². The first kappa shape index (κ1) is 73.1. The van der Waals surface area contributed by atoms with Crippen molar-refractivity contribution in [1.29, 1.82) is 0 Å². The Hall–Kier alpha value is -3.93. The molecule has 0 aliphatic heterocycles. The average molecular weight is 1070 g/mol.